The molecule has 0 spiro atoms. The Morgan fingerprint density at radius 1 is 1.17 bits per heavy atom. The highest BCUT2D eigenvalue weighted by atomic mass is 16.2. The van der Waals surface area contributed by atoms with Crippen LogP contribution < -0.4 is 10.6 Å². The maximum absolute atomic E-state index is 11.9. The van der Waals surface area contributed by atoms with Gasteiger partial charge in [0.2, 0.25) is 5.91 Å². The standard InChI is InChI=1S/C15H28N2O/c1-3-10-16-15(18)11(2)17-14(12-6-4-7-12)13-8-5-9-13/h11-14,17H,3-10H2,1-2H3,(H,16,18). The third-order valence-electron chi connectivity index (χ3n) is 4.70. The molecule has 3 nitrogen and oxygen atoms in total. The molecule has 2 fully saturated rings. The van der Waals surface area contributed by atoms with Crippen LogP contribution in [0, 0.1) is 11.8 Å². The maximum Gasteiger partial charge on any atom is 0.236 e. The summed E-state index contributed by atoms with van der Waals surface area (Å²) in [5.74, 6) is 1.83. The first-order valence-electron chi connectivity index (χ1n) is 7.76. The van der Waals surface area contributed by atoms with Crippen molar-refractivity contribution in [3.05, 3.63) is 0 Å². The predicted octanol–water partition coefficient (Wildman–Crippen LogP) is 2.46. The molecule has 1 atom stereocenters. The maximum atomic E-state index is 11.9. The predicted molar refractivity (Wildman–Crippen MR) is 74.4 cm³/mol. The number of nitrogens with one attached hydrogen (secondary N) is 2. The lowest BCUT2D eigenvalue weighted by Crippen LogP contribution is -2.54. The molecule has 0 bridgehead atoms. The Morgan fingerprint density at radius 3 is 2.11 bits per heavy atom. The van der Waals surface area contributed by atoms with Gasteiger partial charge in [0.05, 0.1) is 6.04 Å². The van der Waals surface area contributed by atoms with Crippen LogP contribution in [0.15, 0.2) is 0 Å². The van der Waals surface area contributed by atoms with E-state index in [1.165, 1.54) is 38.5 Å². The molecule has 1 amide bonds. The van der Waals surface area contributed by atoms with Crippen LogP contribution in [0.5, 0.6) is 0 Å². The van der Waals surface area contributed by atoms with Crippen LogP contribution >= 0.6 is 0 Å². The van der Waals surface area contributed by atoms with Gasteiger partial charge in [0.15, 0.2) is 0 Å². The summed E-state index contributed by atoms with van der Waals surface area (Å²) < 4.78 is 0. The van der Waals surface area contributed by atoms with Crippen molar-refractivity contribution in [3.63, 3.8) is 0 Å². The van der Waals surface area contributed by atoms with Gasteiger partial charge in [-0.05, 0) is 50.9 Å². The summed E-state index contributed by atoms with van der Waals surface area (Å²) in [5.41, 5.74) is 0. The van der Waals surface area contributed by atoms with E-state index in [1.54, 1.807) is 0 Å². The quantitative estimate of drug-likeness (QED) is 0.731. The Balaban J connectivity index is 1.81. The summed E-state index contributed by atoms with van der Waals surface area (Å²) in [5, 5.41) is 6.60. The molecule has 0 aromatic rings. The molecule has 3 heteroatoms. The molecule has 0 aromatic carbocycles. The van der Waals surface area contributed by atoms with Crippen LogP contribution in [0.1, 0.15) is 58.8 Å². The average molecular weight is 252 g/mol. The van der Waals surface area contributed by atoms with Crippen molar-refractivity contribution in [1.29, 1.82) is 0 Å². The topological polar surface area (TPSA) is 41.1 Å². The molecule has 2 N–H and O–H groups in total. The second kappa shape index (κ2) is 6.55. The number of carbonyl (C=O) groups is 1. The van der Waals surface area contributed by atoms with Crippen molar-refractivity contribution in [2.75, 3.05) is 6.54 Å². The van der Waals surface area contributed by atoms with E-state index in [0.717, 1.165) is 24.8 Å². The molecule has 2 aliphatic carbocycles. The van der Waals surface area contributed by atoms with E-state index in [4.69, 9.17) is 0 Å². The highest BCUT2D eigenvalue weighted by Crippen LogP contribution is 2.40. The first-order chi connectivity index (χ1) is 8.72. The number of rotatable bonds is 7. The molecule has 1 unspecified atom stereocenters. The molecule has 0 aliphatic heterocycles. The van der Waals surface area contributed by atoms with Crippen molar-refractivity contribution in [2.45, 2.75) is 70.9 Å². The summed E-state index contributed by atoms with van der Waals surface area (Å²) in [6, 6.07) is 0.553. The summed E-state index contributed by atoms with van der Waals surface area (Å²) in [7, 11) is 0. The van der Waals surface area contributed by atoms with E-state index in [1.807, 2.05) is 6.92 Å². The van der Waals surface area contributed by atoms with E-state index in [0.29, 0.717) is 6.04 Å². The summed E-state index contributed by atoms with van der Waals surface area (Å²) in [6.07, 6.45) is 9.20. The molecule has 104 valence electrons. The second-order valence-corrected chi connectivity index (χ2v) is 6.09. The SMILES string of the molecule is CCCNC(=O)C(C)NC(C1CCC1)C1CCC1. The van der Waals surface area contributed by atoms with Gasteiger partial charge in [0.1, 0.15) is 0 Å². The Morgan fingerprint density at radius 2 is 1.72 bits per heavy atom. The lowest BCUT2D eigenvalue weighted by atomic mass is 9.68. The zero-order valence-electron chi connectivity index (χ0n) is 11.9. The molecule has 0 radical (unpaired) electrons. The Hall–Kier alpha value is -0.570. The minimum atomic E-state index is -0.0391. The first kappa shape index (κ1) is 13.9. The molecule has 18 heavy (non-hydrogen) atoms. The van der Waals surface area contributed by atoms with E-state index in [2.05, 4.69) is 17.6 Å². The first-order valence-corrected chi connectivity index (χ1v) is 7.76. The van der Waals surface area contributed by atoms with Gasteiger partial charge in [-0.15, -0.1) is 0 Å². The van der Waals surface area contributed by atoms with Gasteiger partial charge in [-0.2, -0.15) is 0 Å². The number of carbonyl (C=O) groups excluding carboxylic acids is 1. The van der Waals surface area contributed by atoms with Crippen LogP contribution in [0.3, 0.4) is 0 Å². The fourth-order valence-corrected chi connectivity index (χ4v) is 3.02. The normalized spacial score (nSPS) is 22.4. The fraction of sp³-hybridized carbons (Fsp3) is 0.933. The van der Waals surface area contributed by atoms with Gasteiger partial charge in [0, 0.05) is 12.6 Å². The van der Waals surface area contributed by atoms with Crippen LogP contribution in [0.4, 0.5) is 0 Å². The van der Waals surface area contributed by atoms with Crippen LogP contribution in [-0.4, -0.2) is 24.5 Å². The van der Waals surface area contributed by atoms with Crippen molar-refractivity contribution in [3.8, 4) is 0 Å². The van der Waals surface area contributed by atoms with E-state index < -0.39 is 0 Å². The molecule has 2 aliphatic rings. The summed E-state index contributed by atoms with van der Waals surface area (Å²) in [6.45, 7) is 4.89. The summed E-state index contributed by atoms with van der Waals surface area (Å²) in [4.78, 5) is 11.9. The van der Waals surface area contributed by atoms with Crippen molar-refractivity contribution in [2.24, 2.45) is 11.8 Å². The van der Waals surface area contributed by atoms with Crippen molar-refractivity contribution in [1.82, 2.24) is 10.6 Å². The zero-order valence-corrected chi connectivity index (χ0v) is 11.9. The largest absolute Gasteiger partial charge is 0.355 e. The third-order valence-corrected chi connectivity index (χ3v) is 4.70. The monoisotopic (exact) mass is 252 g/mol. The van der Waals surface area contributed by atoms with E-state index in [9.17, 15) is 4.79 Å². The number of hydrogen-bond acceptors (Lipinski definition) is 2. The molecule has 2 rings (SSSR count). The summed E-state index contributed by atoms with van der Waals surface area (Å²) >= 11 is 0. The molecular weight excluding hydrogens is 224 g/mol. The van der Waals surface area contributed by atoms with Gasteiger partial charge >= 0.3 is 0 Å². The van der Waals surface area contributed by atoms with Gasteiger partial charge in [-0.1, -0.05) is 19.8 Å². The third kappa shape index (κ3) is 3.25. The van der Waals surface area contributed by atoms with Gasteiger partial charge in [-0.3, -0.25) is 4.79 Å². The Kier molecular flexibility index (Phi) is 5.04. The van der Waals surface area contributed by atoms with Crippen LogP contribution in [0.2, 0.25) is 0 Å². The molecule has 0 aromatic heterocycles. The number of amides is 1. The van der Waals surface area contributed by atoms with Gasteiger partial charge in [-0.25, -0.2) is 0 Å². The van der Waals surface area contributed by atoms with E-state index in [-0.39, 0.29) is 11.9 Å². The van der Waals surface area contributed by atoms with Crippen LogP contribution in [0.25, 0.3) is 0 Å². The Labute approximate surface area is 111 Å². The highest BCUT2D eigenvalue weighted by molar-refractivity contribution is 5.81. The fourth-order valence-electron chi connectivity index (χ4n) is 3.02. The zero-order chi connectivity index (χ0) is 13.0. The van der Waals surface area contributed by atoms with Crippen molar-refractivity contribution < 1.29 is 4.79 Å². The molecule has 0 saturated heterocycles. The lowest BCUT2D eigenvalue weighted by Gasteiger charge is -2.44. The molecule has 0 heterocycles. The highest BCUT2D eigenvalue weighted by Gasteiger charge is 2.37. The second-order valence-electron chi connectivity index (χ2n) is 6.09. The minimum absolute atomic E-state index is 0.0391. The number of hydrogen-bond donors (Lipinski definition) is 2. The van der Waals surface area contributed by atoms with Crippen LogP contribution in [-0.2, 0) is 4.79 Å². The molecular formula is C15H28N2O. The van der Waals surface area contributed by atoms with Gasteiger partial charge in [0.25, 0.3) is 0 Å². The lowest BCUT2D eigenvalue weighted by molar-refractivity contribution is -0.123. The van der Waals surface area contributed by atoms with Gasteiger partial charge < -0.3 is 10.6 Å². The average Bonchev–Trinajstić information content (AvgIpc) is 2.20. The minimum Gasteiger partial charge on any atom is -0.355 e. The Bertz CT molecular complexity index is 258. The van der Waals surface area contributed by atoms with E-state index >= 15 is 0 Å². The van der Waals surface area contributed by atoms with Crippen molar-refractivity contribution >= 4 is 5.91 Å². The smallest absolute Gasteiger partial charge is 0.236 e. The molecule has 2 saturated carbocycles.